The lowest BCUT2D eigenvalue weighted by atomic mass is 10.2. The number of hydrogen-bond donors (Lipinski definition) is 1. The van der Waals surface area contributed by atoms with Gasteiger partial charge in [0.25, 0.3) is 10.0 Å². The molecule has 120 valence electrons. The number of hydrogen-bond acceptors (Lipinski definition) is 4. The van der Waals surface area contributed by atoms with Crippen LogP contribution in [0.1, 0.15) is 5.56 Å². The number of carbonyl (C=O) groups is 1. The van der Waals surface area contributed by atoms with Crippen LogP contribution < -0.4 is 14.4 Å². The Kier molecular flexibility index (Phi) is 3.73. The van der Waals surface area contributed by atoms with E-state index in [1.54, 1.807) is 49.4 Å². The van der Waals surface area contributed by atoms with Gasteiger partial charge in [0.15, 0.2) is 0 Å². The van der Waals surface area contributed by atoms with Gasteiger partial charge in [0, 0.05) is 0 Å². The van der Waals surface area contributed by atoms with Crippen LogP contribution in [0.15, 0.2) is 47.4 Å². The van der Waals surface area contributed by atoms with Crippen molar-refractivity contribution in [3.63, 3.8) is 0 Å². The number of anilines is 2. The summed E-state index contributed by atoms with van der Waals surface area (Å²) in [6, 6.07) is 11.7. The number of carbonyl (C=O) groups excluding carboxylic acids is 1. The first kappa shape index (κ1) is 15.4. The number of aryl methyl sites for hydroxylation is 1. The van der Waals surface area contributed by atoms with Crippen LogP contribution >= 0.6 is 0 Å². The molecule has 1 amide bonds. The van der Waals surface area contributed by atoms with Crippen molar-refractivity contribution in [3.05, 3.63) is 48.0 Å². The molecule has 0 aliphatic carbocycles. The molecular formula is C16H16N2O4S. The molecule has 7 heteroatoms. The monoisotopic (exact) mass is 332 g/mol. The van der Waals surface area contributed by atoms with Gasteiger partial charge >= 0.3 is 0 Å². The minimum absolute atomic E-state index is 0.0458. The molecule has 2 aromatic rings. The van der Waals surface area contributed by atoms with E-state index in [9.17, 15) is 13.2 Å². The van der Waals surface area contributed by atoms with E-state index in [4.69, 9.17) is 4.74 Å². The number of ether oxygens (including phenoxy) is 1. The van der Waals surface area contributed by atoms with Gasteiger partial charge in [-0.1, -0.05) is 18.2 Å². The summed E-state index contributed by atoms with van der Waals surface area (Å²) < 4.78 is 32.5. The van der Waals surface area contributed by atoms with Crippen molar-refractivity contribution in [2.24, 2.45) is 0 Å². The fraction of sp³-hybridized carbons (Fsp3) is 0.188. The Balaban J connectivity index is 2.18. The van der Waals surface area contributed by atoms with Crippen LogP contribution in [0.3, 0.4) is 0 Å². The maximum absolute atomic E-state index is 13.1. The lowest BCUT2D eigenvalue weighted by molar-refractivity contribution is -0.115. The molecule has 0 aromatic heterocycles. The summed E-state index contributed by atoms with van der Waals surface area (Å²) >= 11 is 0. The van der Waals surface area contributed by atoms with Crippen LogP contribution in [0, 0.1) is 6.92 Å². The minimum Gasteiger partial charge on any atom is -0.495 e. The summed E-state index contributed by atoms with van der Waals surface area (Å²) in [6.07, 6.45) is 0. The zero-order chi connectivity index (χ0) is 16.6. The molecule has 1 N–H and O–H groups in total. The van der Waals surface area contributed by atoms with E-state index in [-0.39, 0.29) is 23.1 Å². The second-order valence-corrected chi connectivity index (χ2v) is 7.06. The van der Waals surface area contributed by atoms with Gasteiger partial charge in [-0.15, -0.1) is 0 Å². The fourth-order valence-corrected chi connectivity index (χ4v) is 4.20. The third-order valence-electron chi connectivity index (χ3n) is 3.62. The molecule has 0 saturated heterocycles. The smallest absolute Gasteiger partial charge is 0.268 e. The van der Waals surface area contributed by atoms with Gasteiger partial charge in [0.05, 0.1) is 18.5 Å². The van der Waals surface area contributed by atoms with Crippen molar-refractivity contribution in [3.8, 4) is 5.75 Å². The van der Waals surface area contributed by atoms with Gasteiger partial charge in [-0.05, 0) is 36.8 Å². The highest BCUT2D eigenvalue weighted by atomic mass is 32.2. The molecule has 6 nitrogen and oxygen atoms in total. The highest BCUT2D eigenvalue weighted by Gasteiger charge is 2.34. The van der Waals surface area contributed by atoms with Gasteiger partial charge in [0.2, 0.25) is 5.91 Å². The molecule has 0 unspecified atom stereocenters. The number of sulfonamides is 1. The first-order valence-corrected chi connectivity index (χ1v) is 8.44. The Hall–Kier alpha value is -2.54. The van der Waals surface area contributed by atoms with Crippen LogP contribution in [0.4, 0.5) is 11.4 Å². The lowest BCUT2D eigenvalue weighted by Gasteiger charge is -2.30. The summed E-state index contributed by atoms with van der Waals surface area (Å²) in [5.41, 5.74) is 1.70. The first-order valence-electron chi connectivity index (χ1n) is 7.00. The highest BCUT2D eigenvalue weighted by molar-refractivity contribution is 7.93. The number of rotatable bonds is 3. The zero-order valence-corrected chi connectivity index (χ0v) is 13.6. The summed E-state index contributed by atoms with van der Waals surface area (Å²) in [5, 5.41) is 2.68. The highest BCUT2D eigenvalue weighted by Crippen LogP contribution is 2.36. The Morgan fingerprint density at radius 3 is 2.65 bits per heavy atom. The topological polar surface area (TPSA) is 75.7 Å². The zero-order valence-electron chi connectivity index (χ0n) is 12.7. The van der Waals surface area contributed by atoms with E-state index < -0.39 is 10.0 Å². The van der Waals surface area contributed by atoms with Crippen molar-refractivity contribution in [1.29, 1.82) is 0 Å². The summed E-state index contributed by atoms with van der Waals surface area (Å²) in [7, 11) is -2.51. The molecule has 0 fully saturated rings. The first-order chi connectivity index (χ1) is 10.9. The maximum Gasteiger partial charge on any atom is 0.268 e. The van der Waals surface area contributed by atoms with Crippen LogP contribution in [0.5, 0.6) is 5.75 Å². The molecule has 1 aliphatic rings. The Bertz CT molecular complexity index is 877. The molecule has 0 saturated carbocycles. The van der Waals surface area contributed by atoms with Crippen molar-refractivity contribution in [1.82, 2.24) is 0 Å². The molecule has 0 bridgehead atoms. The molecule has 2 aromatic carbocycles. The third-order valence-corrected chi connectivity index (χ3v) is 5.40. The van der Waals surface area contributed by atoms with Crippen LogP contribution in [-0.2, 0) is 14.8 Å². The second kappa shape index (κ2) is 5.58. The molecule has 1 aliphatic heterocycles. The quantitative estimate of drug-likeness (QED) is 0.934. The SMILES string of the molecule is COc1ccc(C)cc1S(=O)(=O)N1CC(=O)Nc2ccccc21. The van der Waals surface area contributed by atoms with Gasteiger partial charge in [-0.2, -0.15) is 0 Å². The number of amides is 1. The summed E-state index contributed by atoms with van der Waals surface area (Å²) in [5.74, 6) is -0.127. The number of nitrogens with one attached hydrogen (secondary N) is 1. The Labute approximate surface area is 134 Å². The molecule has 0 spiro atoms. The van der Waals surface area contributed by atoms with E-state index in [1.165, 1.54) is 7.11 Å². The molecule has 0 atom stereocenters. The normalized spacial score (nSPS) is 14.2. The average Bonchev–Trinajstić information content (AvgIpc) is 2.54. The Morgan fingerprint density at radius 2 is 1.91 bits per heavy atom. The van der Waals surface area contributed by atoms with Crippen LogP contribution in [0.25, 0.3) is 0 Å². The molecule has 0 radical (unpaired) electrons. The van der Waals surface area contributed by atoms with Crippen LogP contribution in [0.2, 0.25) is 0 Å². The number of fused-ring (bicyclic) bond motifs is 1. The summed E-state index contributed by atoms with van der Waals surface area (Å²) in [4.78, 5) is 11.9. The van der Waals surface area contributed by atoms with Crippen molar-refractivity contribution in [2.45, 2.75) is 11.8 Å². The second-order valence-electron chi connectivity index (χ2n) is 5.23. The molecule has 1 heterocycles. The molecule has 23 heavy (non-hydrogen) atoms. The Morgan fingerprint density at radius 1 is 1.17 bits per heavy atom. The third kappa shape index (κ3) is 2.63. The van der Waals surface area contributed by atoms with Crippen molar-refractivity contribution >= 4 is 27.3 Å². The van der Waals surface area contributed by atoms with Crippen molar-refractivity contribution < 1.29 is 17.9 Å². The van der Waals surface area contributed by atoms with Crippen molar-refractivity contribution in [2.75, 3.05) is 23.3 Å². The van der Waals surface area contributed by atoms with Crippen LogP contribution in [-0.4, -0.2) is 28.0 Å². The lowest BCUT2D eigenvalue weighted by Crippen LogP contribution is -2.42. The van der Waals surface area contributed by atoms with E-state index in [0.717, 1.165) is 9.87 Å². The fourth-order valence-electron chi connectivity index (χ4n) is 2.52. The average molecular weight is 332 g/mol. The molecule has 3 rings (SSSR count). The minimum atomic E-state index is -3.93. The van der Waals surface area contributed by atoms with Gasteiger partial charge < -0.3 is 10.1 Å². The predicted octanol–water partition coefficient (Wildman–Crippen LogP) is 2.15. The standard InChI is InChI=1S/C16H16N2O4S/c1-11-7-8-14(22-2)15(9-11)23(20,21)18-10-16(19)17-12-5-3-4-6-13(12)18/h3-9H,10H2,1-2H3,(H,17,19). The number of para-hydroxylation sites is 2. The van der Waals surface area contributed by atoms with E-state index in [1.807, 2.05) is 0 Å². The number of benzene rings is 2. The van der Waals surface area contributed by atoms with Gasteiger partial charge in [0.1, 0.15) is 17.2 Å². The largest absolute Gasteiger partial charge is 0.495 e. The predicted molar refractivity (Wildman–Crippen MR) is 87.3 cm³/mol. The van der Waals surface area contributed by atoms with E-state index >= 15 is 0 Å². The van der Waals surface area contributed by atoms with Gasteiger partial charge in [-0.25, -0.2) is 8.42 Å². The number of nitrogens with zero attached hydrogens (tertiary/aromatic N) is 1. The maximum atomic E-state index is 13.1. The summed E-state index contributed by atoms with van der Waals surface area (Å²) in [6.45, 7) is 1.53. The van der Waals surface area contributed by atoms with Gasteiger partial charge in [-0.3, -0.25) is 9.10 Å². The van der Waals surface area contributed by atoms with E-state index in [2.05, 4.69) is 5.32 Å². The number of methoxy groups -OCH3 is 1. The van der Waals surface area contributed by atoms with E-state index in [0.29, 0.717) is 11.4 Å². The molecular weight excluding hydrogens is 316 g/mol.